The number of amides is 1. The third-order valence-electron chi connectivity index (χ3n) is 5.52. The highest BCUT2D eigenvalue weighted by atomic mass is 16.7. The number of methoxy groups -OCH3 is 1. The number of rotatable bonds is 12. The summed E-state index contributed by atoms with van der Waals surface area (Å²) in [6.07, 6.45) is -1.10. The van der Waals surface area contributed by atoms with Crippen LogP contribution in [-0.2, 0) is 44.8 Å². The van der Waals surface area contributed by atoms with E-state index in [9.17, 15) is 19.2 Å². The first kappa shape index (κ1) is 28.8. The number of hydrogen-bond donors (Lipinski definition) is 1. The van der Waals surface area contributed by atoms with Crippen LogP contribution < -0.4 is 5.73 Å². The van der Waals surface area contributed by atoms with Gasteiger partial charge in [0, 0.05) is 6.42 Å². The largest absolute Gasteiger partial charge is 0.467 e. The fourth-order valence-electron chi connectivity index (χ4n) is 3.71. The Morgan fingerprint density at radius 3 is 2.44 bits per heavy atom. The number of ether oxygens (including phenoxy) is 3. The van der Waals surface area contributed by atoms with E-state index in [0.717, 1.165) is 17.6 Å². The summed E-state index contributed by atoms with van der Waals surface area (Å²) in [5.41, 5.74) is 6.20. The molecule has 1 amide bonds. The molecule has 2 rings (SSSR count). The number of nitrogens with two attached hydrogens (primary N) is 1. The van der Waals surface area contributed by atoms with Crippen molar-refractivity contribution in [2.45, 2.75) is 65.0 Å². The number of oxime groups is 1. The molecule has 0 saturated heterocycles. The van der Waals surface area contributed by atoms with Crippen LogP contribution in [0.5, 0.6) is 0 Å². The number of benzene rings is 1. The van der Waals surface area contributed by atoms with Gasteiger partial charge in [-0.05, 0) is 38.8 Å². The molecule has 2 N–H and O–H groups in total. The fraction of sp³-hybridized carbons (Fsp3) is 0.560. The van der Waals surface area contributed by atoms with Gasteiger partial charge in [0.2, 0.25) is 12.6 Å². The van der Waals surface area contributed by atoms with Gasteiger partial charge in [-0.15, -0.1) is 0 Å². The summed E-state index contributed by atoms with van der Waals surface area (Å²) in [6.45, 7) is 7.09. The molecule has 4 atom stereocenters. The molecule has 0 aliphatic carbocycles. The van der Waals surface area contributed by atoms with E-state index in [2.05, 4.69) is 5.16 Å². The number of hydrogen-bond acceptors (Lipinski definition) is 10. The van der Waals surface area contributed by atoms with Gasteiger partial charge in [0.25, 0.3) is 0 Å². The van der Waals surface area contributed by atoms with Crippen molar-refractivity contribution in [1.29, 1.82) is 0 Å². The van der Waals surface area contributed by atoms with E-state index in [1.165, 1.54) is 0 Å². The van der Waals surface area contributed by atoms with E-state index in [1.807, 2.05) is 30.3 Å². The normalized spacial score (nSPS) is 17.6. The molecule has 11 heteroatoms. The van der Waals surface area contributed by atoms with Crippen LogP contribution >= 0.6 is 0 Å². The molecule has 2 unspecified atom stereocenters. The number of nitrogens with zero attached hydrogens (tertiary/aromatic N) is 2. The van der Waals surface area contributed by atoms with Gasteiger partial charge in [-0.1, -0.05) is 42.4 Å². The molecule has 0 bridgehead atoms. The lowest BCUT2D eigenvalue weighted by molar-refractivity contribution is -0.167. The summed E-state index contributed by atoms with van der Waals surface area (Å²) in [6, 6.07) is 7.90. The number of carbonyl (C=O) groups excluding carboxylic acids is 4. The Labute approximate surface area is 210 Å². The molecule has 0 radical (unpaired) electrons. The molecule has 1 aromatic rings. The average Bonchev–Trinajstić information content (AvgIpc) is 3.30. The first-order valence-corrected chi connectivity index (χ1v) is 11.7. The van der Waals surface area contributed by atoms with E-state index in [4.69, 9.17) is 24.8 Å². The van der Waals surface area contributed by atoms with E-state index in [0.29, 0.717) is 12.1 Å². The maximum absolute atomic E-state index is 13.0. The molecule has 1 heterocycles. The molecular formula is C25H35N3O8. The predicted octanol–water partition coefficient (Wildman–Crippen LogP) is 1.78. The zero-order valence-electron chi connectivity index (χ0n) is 21.3. The monoisotopic (exact) mass is 505 g/mol. The van der Waals surface area contributed by atoms with Crippen molar-refractivity contribution in [1.82, 2.24) is 4.90 Å². The van der Waals surface area contributed by atoms with Crippen molar-refractivity contribution >= 4 is 30.0 Å². The van der Waals surface area contributed by atoms with Crippen molar-refractivity contribution in [2.24, 2.45) is 22.7 Å². The zero-order valence-corrected chi connectivity index (χ0v) is 21.3. The first-order valence-electron chi connectivity index (χ1n) is 11.7. The van der Waals surface area contributed by atoms with Crippen LogP contribution in [0, 0.1) is 11.8 Å². The molecule has 1 aliphatic heterocycles. The van der Waals surface area contributed by atoms with Crippen LogP contribution in [-0.4, -0.2) is 66.5 Å². The lowest BCUT2D eigenvalue weighted by Gasteiger charge is -2.30. The standard InChI is InChI=1S/C25H35N3O8/c1-16(13-26)22(24(32)34-14-17-9-7-6-8-10-17)18-11-20(36-27-18)28(15-29)19(23(31)33-5)12-21(30)35-25(2,3)4/h6-10,15-16,19-20,22H,11-14,26H2,1-5H3/t16?,19-,20?,22-/m0/s1. The lowest BCUT2D eigenvalue weighted by Crippen LogP contribution is -2.49. The number of esters is 3. The molecule has 1 aliphatic rings. The molecule has 11 nitrogen and oxygen atoms in total. The van der Waals surface area contributed by atoms with Crippen molar-refractivity contribution in [3.8, 4) is 0 Å². The van der Waals surface area contributed by atoms with Crippen molar-refractivity contribution in [3.05, 3.63) is 35.9 Å². The second-order valence-electron chi connectivity index (χ2n) is 9.51. The Bertz CT molecular complexity index is 944. The maximum atomic E-state index is 13.0. The molecule has 198 valence electrons. The highest BCUT2D eigenvalue weighted by Gasteiger charge is 2.42. The SMILES string of the molecule is COC(=O)[C@H](CC(=O)OC(C)(C)C)N(C=O)C1CC([C@@H](C(=O)OCc2ccccc2)C(C)CN)=NO1. The van der Waals surface area contributed by atoms with Crippen LogP contribution in [0.2, 0.25) is 0 Å². The minimum absolute atomic E-state index is 0.00992. The van der Waals surface area contributed by atoms with Gasteiger partial charge in [-0.2, -0.15) is 0 Å². The molecule has 36 heavy (non-hydrogen) atoms. The Hall–Kier alpha value is -3.47. The molecule has 0 spiro atoms. The Morgan fingerprint density at radius 1 is 1.22 bits per heavy atom. The lowest BCUT2D eigenvalue weighted by atomic mass is 9.87. The van der Waals surface area contributed by atoms with Crippen LogP contribution in [0.15, 0.2) is 35.5 Å². The highest BCUT2D eigenvalue weighted by Crippen LogP contribution is 2.27. The van der Waals surface area contributed by atoms with Gasteiger partial charge in [0.15, 0.2) is 0 Å². The topological polar surface area (TPSA) is 147 Å². The van der Waals surface area contributed by atoms with Gasteiger partial charge in [0.1, 0.15) is 24.2 Å². The fourth-order valence-corrected chi connectivity index (χ4v) is 3.71. The third-order valence-corrected chi connectivity index (χ3v) is 5.52. The van der Waals surface area contributed by atoms with E-state index in [-0.39, 0.29) is 25.5 Å². The van der Waals surface area contributed by atoms with Crippen LogP contribution in [0.4, 0.5) is 0 Å². The predicted molar refractivity (Wildman–Crippen MR) is 129 cm³/mol. The van der Waals surface area contributed by atoms with E-state index >= 15 is 0 Å². The van der Waals surface area contributed by atoms with Gasteiger partial charge >= 0.3 is 17.9 Å². The molecular weight excluding hydrogens is 470 g/mol. The zero-order chi connectivity index (χ0) is 26.9. The summed E-state index contributed by atoms with van der Waals surface area (Å²) in [5.74, 6) is -3.20. The van der Waals surface area contributed by atoms with Gasteiger partial charge < -0.3 is 24.8 Å². The third kappa shape index (κ3) is 8.04. The quantitative estimate of drug-likeness (QED) is 0.255. The van der Waals surface area contributed by atoms with Crippen LogP contribution in [0.3, 0.4) is 0 Å². The molecule has 1 aromatic carbocycles. The van der Waals surface area contributed by atoms with E-state index < -0.39 is 48.1 Å². The van der Waals surface area contributed by atoms with Gasteiger partial charge in [-0.3, -0.25) is 19.3 Å². The minimum atomic E-state index is -1.31. The summed E-state index contributed by atoms with van der Waals surface area (Å²) in [7, 11) is 1.15. The minimum Gasteiger partial charge on any atom is -0.467 e. The molecule has 0 fully saturated rings. The highest BCUT2D eigenvalue weighted by molar-refractivity contribution is 6.03. The van der Waals surface area contributed by atoms with Crippen molar-refractivity contribution < 1.29 is 38.2 Å². The Morgan fingerprint density at radius 2 is 1.89 bits per heavy atom. The smallest absolute Gasteiger partial charge is 0.329 e. The Kier molecular flexibility index (Phi) is 10.4. The van der Waals surface area contributed by atoms with Crippen LogP contribution in [0.1, 0.15) is 46.1 Å². The summed E-state index contributed by atoms with van der Waals surface area (Å²) >= 11 is 0. The summed E-state index contributed by atoms with van der Waals surface area (Å²) < 4.78 is 15.6. The Balaban J connectivity index is 2.15. The second kappa shape index (κ2) is 13.0. The van der Waals surface area contributed by atoms with Crippen LogP contribution in [0.25, 0.3) is 0 Å². The van der Waals surface area contributed by atoms with Crippen molar-refractivity contribution in [3.63, 3.8) is 0 Å². The summed E-state index contributed by atoms with van der Waals surface area (Å²) in [5, 5.41) is 4.03. The molecule has 0 aromatic heterocycles. The van der Waals surface area contributed by atoms with Gasteiger partial charge in [-0.25, -0.2) is 4.79 Å². The summed E-state index contributed by atoms with van der Waals surface area (Å²) in [4.78, 5) is 56.3. The molecule has 0 saturated carbocycles. The van der Waals surface area contributed by atoms with Crippen molar-refractivity contribution in [2.75, 3.05) is 13.7 Å². The van der Waals surface area contributed by atoms with E-state index in [1.54, 1.807) is 27.7 Å². The average molecular weight is 506 g/mol. The number of carbonyl (C=O) groups is 4. The second-order valence-corrected chi connectivity index (χ2v) is 9.51. The first-order chi connectivity index (χ1) is 17.0. The van der Waals surface area contributed by atoms with Gasteiger partial charge in [0.05, 0.1) is 19.2 Å². The maximum Gasteiger partial charge on any atom is 0.329 e.